The molecule has 1 N–H and O–H groups in total. The predicted octanol–water partition coefficient (Wildman–Crippen LogP) is 5.07. The first-order chi connectivity index (χ1) is 15.9. The highest BCUT2D eigenvalue weighted by Gasteiger charge is 2.80. The standard InChI is InChI=1S/C26H31N5O2/c1-4-7-18-12-13-26-21(14-18)25(17-29,23(30)33-26)24(15-27,16-28)22(32-26)19-8-10-20(11-9-19)31(5-2)6-3/h8-11,18,21-22,30H,4-7,12-14H2,1-3H3. The smallest absolute Gasteiger partial charge is 0.217 e. The normalized spacial score (nSPS) is 33.7. The molecule has 0 spiro atoms. The molecule has 3 fully saturated rings. The fraction of sp³-hybridized carbons (Fsp3) is 0.615. The second-order valence-corrected chi connectivity index (χ2v) is 9.44. The highest BCUT2D eigenvalue weighted by atomic mass is 16.7. The molecule has 2 heterocycles. The zero-order valence-electron chi connectivity index (χ0n) is 19.6. The summed E-state index contributed by atoms with van der Waals surface area (Å²) in [5.41, 5.74) is -1.85. The Labute approximate surface area is 196 Å². The highest BCUT2D eigenvalue weighted by molar-refractivity contribution is 5.89. The van der Waals surface area contributed by atoms with Crippen molar-refractivity contribution in [2.75, 3.05) is 18.0 Å². The first kappa shape index (κ1) is 23.1. The number of nitrogens with one attached hydrogen (secondary N) is 1. The van der Waals surface area contributed by atoms with Crippen molar-refractivity contribution in [3.63, 3.8) is 0 Å². The van der Waals surface area contributed by atoms with Crippen LogP contribution in [-0.2, 0) is 9.47 Å². The van der Waals surface area contributed by atoms with Gasteiger partial charge in [0.25, 0.3) is 0 Å². The molecule has 1 aromatic rings. The van der Waals surface area contributed by atoms with Crippen LogP contribution in [0.15, 0.2) is 24.3 Å². The molecule has 2 bridgehead atoms. The maximum Gasteiger partial charge on any atom is 0.217 e. The van der Waals surface area contributed by atoms with Gasteiger partial charge in [0.2, 0.25) is 17.1 Å². The van der Waals surface area contributed by atoms with Gasteiger partial charge in [0.15, 0.2) is 5.41 Å². The van der Waals surface area contributed by atoms with Gasteiger partial charge in [-0.15, -0.1) is 0 Å². The Balaban J connectivity index is 1.84. The van der Waals surface area contributed by atoms with Crippen LogP contribution in [0, 0.1) is 62.1 Å². The van der Waals surface area contributed by atoms with Gasteiger partial charge in [-0.25, -0.2) is 0 Å². The molecule has 7 heteroatoms. The zero-order chi connectivity index (χ0) is 23.9. The molecule has 1 aliphatic carbocycles. The van der Waals surface area contributed by atoms with E-state index in [0.29, 0.717) is 24.3 Å². The largest absolute Gasteiger partial charge is 0.447 e. The van der Waals surface area contributed by atoms with Gasteiger partial charge in [-0.2, -0.15) is 15.8 Å². The molecule has 1 saturated carbocycles. The molecule has 5 atom stereocenters. The van der Waals surface area contributed by atoms with Gasteiger partial charge < -0.3 is 14.4 Å². The minimum atomic E-state index is -1.88. The van der Waals surface area contributed by atoms with Crippen molar-refractivity contribution in [2.45, 2.75) is 64.8 Å². The molecule has 1 aromatic carbocycles. The summed E-state index contributed by atoms with van der Waals surface area (Å²) in [4.78, 5) is 2.20. The topological polar surface area (TPSA) is 117 Å². The van der Waals surface area contributed by atoms with Crippen LogP contribution < -0.4 is 4.90 Å². The van der Waals surface area contributed by atoms with Crippen LogP contribution in [0.3, 0.4) is 0 Å². The van der Waals surface area contributed by atoms with E-state index in [1.807, 2.05) is 24.3 Å². The minimum absolute atomic E-state index is 0.294. The first-order valence-corrected chi connectivity index (χ1v) is 12.0. The Bertz CT molecular complexity index is 1030. The number of hydrogen-bond donors (Lipinski definition) is 1. The number of anilines is 1. The number of nitriles is 3. The van der Waals surface area contributed by atoms with Crippen molar-refractivity contribution in [1.82, 2.24) is 0 Å². The summed E-state index contributed by atoms with van der Waals surface area (Å²) in [6, 6.07) is 14.3. The average Bonchev–Trinajstić information content (AvgIpc) is 3.04. The summed E-state index contributed by atoms with van der Waals surface area (Å²) in [6.07, 6.45) is 3.08. The summed E-state index contributed by atoms with van der Waals surface area (Å²) in [7, 11) is 0. The van der Waals surface area contributed by atoms with Gasteiger partial charge in [-0.1, -0.05) is 31.9 Å². The Morgan fingerprint density at radius 1 is 1.06 bits per heavy atom. The third kappa shape index (κ3) is 2.98. The third-order valence-electron chi connectivity index (χ3n) is 8.04. The molecular formula is C26H31N5O2. The van der Waals surface area contributed by atoms with Crippen LogP contribution in [0.1, 0.15) is 64.5 Å². The fourth-order valence-corrected chi connectivity index (χ4v) is 6.34. The van der Waals surface area contributed by atoms with Crippen molar-refractivity contribution in [2.24, 2.45) is 22.7 Å². The van der Waals surface area contributed by atoms with Crippen molar-refractivity contribution >= 4 is 11.6 Å². The van der Waals surface area contributed by atoms with E-state index in [2.05, 4.69) is 43.9 Å². The number of ether oxygens (including phenoxy) is 2. The first-order valence-electron chi connectivity index (χ1n) is 12.0. The molecule has 7 nitrogen and oxygen atoms in total. The molecule has 33 heavy (non-hydrogen) atoms. The van der Waals surface area contributed by atoms with Gasteiger partial charge in [0, 0.05) is 25.2 Å². The van der Waals surface area contributed by atoms with E-state index in [1.54, 1.807) is 0 Å². The molecule has 3 aliphatic rings. The molecule has 2 aliphatic heterocycles. The number of hydrogen-bond acceptors (Lipinski definition) is 7. The van der Waals surface area contributed by atoms with Crippen LogP contribution >= 0.6 is 0 Å². The van der Waals surface area contributed by atoms with Gasteiger partial charge >= 0.3 is 0 Å². The molecular weight excluding hydrogens is 414 g/mol. The Kier molecular flexibility index (Phi) is 5.85. The predicted molar refractivity (Wildman–Crippen MR) is 123 cm³/mol. The number of nitrogens with zero attached hydrogens (tertiary/aromatic N) is 4. The van der Waals surface area contributed by atoms with Gasteiger partial charge in [0.1, 0.15) is 6.10 Å². The summed E-state index contributed by atoms with van der Waals surface area (Å²) in [6.45, 7) is 8.03. The van der Waals surface area contributed by atoms with Gasteiger partial charge in [-0.3, -0.25) is 5.41 Å². The molecule has 2 saturated heterocycles. The Morgan fingerprint density at radius 3 is 2.27 bits per heavy atom. The summed E-state index contributed by atoms with van der Waals surface area (Å²) in [5.74, 6) is -1.59. The van der Waals surface area contributed by atoms with Crippen LogP contribution in [0.2, 0.25) is 0 Å². The van der Waals surface area contributed by atoms with Crippen LogP contribution in [0.25, 0.3) is 0 Å². The monoisotopic (exact) mass is 445 g/mol. The maximum absolute atomic E-state index is 10.5. The fourth-order valence-electron chi connectivity index (χ4n) is 6.34. The van der Waals surface area contributed by atoms with Crippen molar-refractivity contribution in [3.05, 3.63) is 29.8 Å². The van der Waals surface area contributed by atoms with E-state index in [1.165, 1.54) is 0 Å². The average molecular weight is 446 g/mol. The molecule has 5 unspecified atom stereocenters. The lowest BCUT2D eigenvalue weighted by Gasteiger charge is -2.52. The van der Waals surface area contributed by atoms with E-state index in [4.69, 9.17) is 14.9 Å². The Morgan fingerprint density at radius 2 is 1.73 bits per heavy atom. The lowest BCUT2D eigenvalue weighted by Crippen LogP contribution is -2.61. The zero-order valence-corrected chi connectivity index (χ0v) is 19.6. The third-order valence-corrected chi connectivity index (χ3v) is 8.04. The second kappa shape index (κ2) is 8.36. The maximum atomic E-state index is 10.5. The lowest BCUT2D eigenvalue weighted by molar-refractivity contribution is -0.299. The SMILES string of the molecule is CCCC1CCC23OC(=N)C(C#N)(C2C1)C(C#N)(C#N)C(c1ccc(N(CC)CC)cc1)O3. The van der Waals surface area contributed by atoms with Gasteiger partial charge in [-0.05, 0) is 50.3 Å². The summed E-state index contributed by atoms with van der Waals surface area (Å²) >= 11 is 0. The second-order valence-electron chi connectivity index (χ2n) is 9.44. The quantitative estimate of drug-likeness (QED) is 0.653. The molecule has 0 amide bonds. The molecule has 0 radical (unpaired) electrons. The van der Waals surface area contributed by atoms with Crippen molar-refractivity contribution in [3.8, 4) is 18.2 Å². The van der Waals surface area contributed by atoms with E-state index >= 15 is 0 Å². The number of benzene rings is 1. The van der Waals surface area contributed by atoms with E-state index in [9.17, 15) is 15.8 Å². The highest BCUT2D eigenvalue weighted by Crippen LogP contribution is 2.70. The van der Waals surface area contributed by atoms with Crippen LogP contribution in [0.4, 0.5) is 5.69 Å². The molecule has 172 valence electrons. The van der Waals surface area contributed by atoms with E-state index < -0.39 is 28.6 Å². The van der Waals surface area contributed by atoms with Gasteiger partial charge in [0.05, 0.1) is 24.1 Å². The molecule has 0 aromatic heterocycles. The summed E-state index contributed by atoms with van der Waals surface area (Å²) < 4.78 is 12.6. The van der Waals surface area contributed by atoms with Crippen molar-refractivity contribution < 1.29 is 9.47 Å². The van der Waals surface area contributed by atoms with E-state index in [0.717, 1.165) is 38.0 Å². The summed E-state index contributed by atoms with van der Waals surface area (Å²) in [5, 5.41) is 40.0. The lowest BCUT2D eigenvalue weighted by atomic mass is 9.50. The minimum Gasteiger partial charge on any atom is -0.447 e. The van der Waals surface area contributed by atoms with E-state index in [-0.39, 0.29) is 5.90 Å². The van der Waals surface area contributed by atoms with Crippen LogP contribution in [-0.4, -0.2) is 24.8 Å². The van der Waals surface area contributed by atoms with Crippen molar-refractivity contribution in [1.29, 1.82) is 21.2 Å². The van der Waals surface area contributed by atoms with Crippen LogP contribution in [0.5, 0.6) is 0 Å². The molecule has 4 rings (SSSR count). The Hall–Kier alpha value is -3.08. The number of rotatable bonds is 6.